The van der Waals surface area contributed by atoms with E-state index in [2.05, 4.69) is 37.6 Å². The molecule has 0 bridgehead atoms. The van der Waals surface area contributed by atoms with Gasteiger partial charge in [0, 0.05) is 47.9 Å². The molecule has 5 nitrogen and oxygen atoms in total. The summed E-state index contributed by atoms with van der Waals surface area (Å²) < 4.78 is 0. The first-order chi connectivity index (χ1) is 12.4. The molecule has 2 N–H and O–H groups in total. The Hall–Kier alpha value is -2.79. The quantitative estimate of drug-likeness (QED) is 0.640. The van der Waals surface area contributed by atoms with Gasteiger partial charge >= 0.3 is 0 Å². The fraction of sp³-hybridized carbons (Fsp3) is 0.200. The molecule has 0 fully saturated rings. The summed E-state index contributed by atoms with van der Waals surface area (Å²) >= 11 is 6.02. The number of rotatable bonds is 5. The molecule has 1 aromatic heterocycles. The van der Waals surface area contributed by atoms with Gasteiger partial charge in [-0.05, 0) is 61.9 Å². The number of hydrogen-bond acceptors (Lipinski definition) is 5. The predicted octanol–water partition coefficient (Wildman–Crippen LogP) is 5.30. The second-order valence-corrected chi connectivity index (χ2v) is 6.81. The number of nitrogens with one attached hydrogen (secondary N) is 2. The molecule has 0 atom stereocenters. The van der Waals surface area contributed by atoms with E-state index in [-0.39, 0.29) is 0 Å². The second kappa shape index (κ2) is 7.62. The maximum Gasteiger partial charge on any atom is 0.229 e. The number of hydrogen-bond donors (Lipinski definition) is 2. The largest absolute Gasteiger partial charge is 0.378 e. The molecule has 0 aliphatic carbocycles. The molecule has 0 spiro atoms. The van der Waals surface area contributed by atoms with E-state index in [0.717, 1.165) is 34.1 Å². The summed E-state index contributed by atoms with van der Waals surface area (Å²) in [4.78, 5) is 11.1. The summed E-state index contributed by atoms with van der Waals surface area (Å²) in [6.07, 6.45) is 0. The second-order valence-electron chi connectivity index (χ2n) is 6.37. The van der Waals surface area contributed by atoms with Gasteiger partial charge in [-0.3, -0.25) is 0 Å². The number of aryl methyl sites for hydroxylation is 2. The van der Waals surface area contributed by atoms with Crippen molar-refractivity contribution in [1.29, 1.82) is 0 Å². The minimum Gasteiger partial charge on any atom is -0.378 e. The fourth-order valence-corrected chi connectivity index (χ4v) is 2.79. The smallest absolute Gasteiger partial charge is 0.229 e. The molecule has 0 unspecified atom stereocenters. The topological polar surface area (TPSA) is 53.1 Å². The Bertz CT molecular complexity index is 907. The number of nitrogens with zero attached hydrogens (tertiary/aromatic N) is 3. The molecule has 0 amide bonds. The monoisotopic (exact) mass is 367 g/mol. The van der Waals surface area contributed by atoms with Gasteiger partial charge in [-0.25, -0.2) is 4.98 Å². The number of benzene rings is 2. The molecule has 6 heteroatoms. The van der Waals surface area contributed by atoms with E-state index in [1.54, 1.807) is 0 Å². The first kappa shape index (κ1) is 18.0. The lowest BCUT2D eigenvalue weighted by Gasteiger charge is -2.14. The van der Waals surface area contributed by atoms with Gasteiger partial charge in [0.2, 0.25) is 5.95 Å². The molecular formula is C20H22ClN5. The summed E-state index contributed by atoms with van der Waals surface area (Å²) in [6, 6.07) is 15.8. The summed E-state index contributed by atoms with van der Waals surface area (Å²) in [5.41, 5.74) is 4.97. The molecular weight excluding hydrogens is 346 g/mol. The van der Waals surface area contributed by atoms with E-state index in [0.29, 0.717) is 11.0 Å². The van der Waals surface area contributed by atoms with Crippen LogP contribution in [0.2, 0.25) is 5.02 Å². The third-order valence-electron chi connectivity index (χ3n) is 3.95. The molecule has 134 valence electrons. The Balaban J connectivity index is 1.81. The van der Waals surface area contributed by atoms with Crippen LogP contribution >= 0.6 is 11.6 Å². The van der Waals surface area contributed by atoms with E-state index in [9.17, 15) is 0 Å². The van der Waals surface area contributed by atoms with Crippen molar-refractivity contribution in [2.75, 3.05) is 29.6 Å². The Morgan fingerprint density at radius 1 is 0.885 bits per heavy atom. The minimum absolute atomic E-state index is 0.544. The average Bonchev–Trinajstić information content (AvgIpc) is 2.57. The Kier molecular flexibility index (Phi) is 5.28. The van der Waals surface area contributed by atoms with E-state index >= 15 is 0 Å². The fourth-order valence-electron chi connectivity index (χ4n) is 2.57. The lowest BCUT2D eigenvalue weighted by atomic mass is 10.2. The highest BCUT2D eigenvalue weighted by molar-refractivity contribution is 6.30. The van der Waals surface area contributed by atoms with E-state index in [1.165, 1.54) is 0 Å². The van der Waals surface area contributed by atoms with Crippen molar-refractivity contribution in [3.63, 3.8) is 0 Å². The van der Waals surface area contributed by atoms with Crippen LogP contribution in [0.4, 0.5) is 28.8 Å². The van der Waals surface area contributed by atoms with Crippen molar-refractivity contribution in [3.05, 3.63) is 64.8 Å². The molecule has 0 aliphatic rings. The maximum absolute atomic E-state index is 6.02. The lowest BCUT2D eigenvalue weighted by Crippen LogP contribution is -2.08. The van der Waals surface area contributed by atoms with Crippen LogP contribution in [0.15, 0.2) is 48.5 Å². The van der Waals surface area contributed by atoms with Crippen LogP contribution < -0.4 is 15.5 Å². The van der Waals surface area contributed by atoms with Gasteiger partial charge in [-0.2, -0.15) is 4.98 Å². The van der Waals surface area contributed by atoms with E-state index < -0.39 is 0 Å². The van der Waals surface area contributed by atoms with Crippen LogP contribution in [0.3, 0.4) is 0 Å². The summed E-state index contributed by atoms with van der Waals surface area (Å²) in [5, 5.41) is 7.30. The van der Waals surface area contributed by atoms with Crippen molar-refractivity contribution in [2.24, 2.45) is 0 Å². The summed E-state index contributed by atoms with van der Waals surface area (Å²) in [5.74, 6) is 1.28. The Morgan fingerprint density at radius 2 is 1.62 bits per heavy atom. The zero-order valence-corrected chi connectivity index (χ0v) is 16.1. The van der Waals surface area contributed by atoms with Gasteiger partial charge < -0.3 is 15.5 Å². The Labute approximate surface area is 159 Å². The van der Waals surface area contributed by atoms with Gasteiger partial charge in [0.1, 0.15) is 5.82 Å². The number of anilines is 5. The zero-order chi connectivity index (χ0) is 18.7. The molecule has 3 rings (SSSR count). The predicted molar refractivity (Wildman–Crippen MR) is 110 cm³/mol. The molecule has 3 aromatic rings. The van der Waals surface area contributed by atoms with Gasteiger partial charge in [-0.15, -0.1) is 0 Å². The zero-order valence-electron chi connectivity index (χ0n) is 15.3. The maximum atomic E-state index is 6.02. The van der Waals surface area contributed by atoms with E-state index in [1.807, 2.05) is 64.3 Å². The minimum atomic E-state index is 0.544. The van der Waals surface area contributed by atoms with E-state index in [4.69, 9.17) is 11.6 Å². The SMILES string of the molecule is Cc1cc(Nc2ccc(N(C)C)cc2)nc(Nc2ccc(Cl)cc2C)n1. The highest BCUT2D eigenvalue weighted by atomic mass is 35.5. The highest BCUT2D eigenvalue weighted by Crippen LogP contribution is 2.24. The van der Waals surface area contributed by atoms with Crippen LogP contribution in [0.1, 0.15) is 11.3 Å². The first-order valence-corrected chi connectivity index (χ1v) is 8.72. The van der Waals surface area contributed by atoms with Crippen LogP contribution in [0, 0.1) is 13.8 Å². The van der Waals surface area contributed by atoms with Crippen molar-refractivity contribution < 1.29 is 0 Å². The molecule has 2 aromatic carbocycles. The van der Waals surface area contributed by atoms with Gasteiger partial charge in [0.25, 0.3) is 0 Å². The summed E-state index contributed by atoms with van der Waals surface area (Å²) in [7, 11) is 4.04. The lowest BCUT2D eigenvalue weighted by molar-refractivity contribution is 1.10. The molecule has 0 radical (unpaired) electrons. The first-order valence-electron chi connectivity index (χ1n) is 8.34. The Morgan fingerprint density at radius 3 is 2.27 bits per heavy atom. The third-order valence-corrected chi connectivity index (χ3v) is 4.18. The van der Waals surface area contributed by atoms with Crippen LogP contribution in [-0.4, -0.2) is 24.1 Å². The molecule has 0 saturated carbocycles. The molecule has 1 heterocycles. The van der Waals surface area contributed by atoms with Gasteiger partial charge in [0.05, 0.1) is 0 Å². The average molecular weight is 368 g/mol. The molecule has 26 heavy (non-hydrogen) atoms. The standard InChI is InChI=1S/C20H22ClN5/c1-13-11-15(21)5-10-18(13)24-20-22-14(2)12-19(25-20)23-16-6-8-17(9-7-16)26(3)4/h5-12H,1-4H3,(H2,22,23,24,25). The number of halogens is 1. The van der Waals surface area contributed by atoms with Crippen LogP contribution in [-0.2, 0) is 0 Å². The van der Waals surface area contributed by atoms with Crippen molar-refractivity contribution in [3.8, 4) is 0 Å². The van der Waals surface area contributed by atoms with Crippen LogP contribution in [0.25, 0.3) is 0 Å². The highest BCUT2D eigenvalue weighted by Gasteiger charge is 2.06. The molecule has 0 aliphatic heterocycles. The summed E-state index contributed by atoms with van der Waals surface area (Å²) in [6.45, 7) is 3.94. The normalized spacial score (nSPS) is 10.5. The third kappa shape index (κ3) is 4.43. The van der Waals surface area contributed by atoms with Gasteiger partial charge in [0.15, 0.2) is 0 Å². The molecule has 0 saturated heterocycles. The van der Waals surface area contributed by atoms with Crippen molar-refractivity contribution >= 4 is 40.4 Å². The van der Waals surface area contributed by atoms with Crippen LogP contribution in [0.5, 0.6) is 0 Å². The van der Waals surface area contributed by atoms with Crippen molar-refractivity contribution in [2.45, 2.75) is 13.8 Å². The van der Waals surface area contributed by atoms with Gasteiger partial charge in [-0.1, -0.05) is 11.6 Å². The van der Waals surface area contributed by atoms with Crippen molar-refractivity contribution in [1.82, 2.24) is 9.97 Å². The number of aromatic nitrogens is 2.